The van der Waals surface area contributed by atoms with E-state index in [0.29, 0.717) is 17.1 Å². The Morgan fingerprint density at radius 1 is 1.59 bits per heavy atom. The van der Waals surface area contributed by atoms with E-state index in [2.05, 4.69) is 20.6 Å². The predicted molar refractivity (Wildman–Crippen MR) is 60.9 cm³/mol. The zero-order valence-corrected chi connectivity index (χ0v) is 9.77. The van der Waals surface area contributed by atoms with Crippen LogP contribution in [0.3, 0.4) is 0 Å². The molecule has 0 spiro atoms. The van der Waals surface area contributed by atoms with Crippen LogP contribution in [0.5, 0.6) is 0 Å². The van der Waals surface area contributed by atoms with Gasteiger partial charge in [0, 0.05) is 6.20 Å². The summed E-state index contributed by atoms with van der Waals surface area (Å²) < 4.78 is 1.38. The van der Waals surface area contributed by atoms with Gasteiger partial charge in [-0.3, -0.25) is 19.6 Å². The van der Waals surface area contributed by atoms with Crippen LogP contribution < -0.4 is 5.32 Å². The molecule has 0 saturated heterocycles. The third-order valence-electron chi connectivity index (χ3n) is 1.86. The fraction of sp³-hybridized carbons (Fsp3) is 0.222. The first-order chi connectivity index (χ1) is 8.17. The van der Waals surface area contributed by atoms with Crippen LogP contribution in [0.2, 0.25) is 0 Å². The van der Waals surface area contributed by atoms with Gasteiger partial charge in [0.15, 0.2) is 6.29 Å². The molecule has 0 aromatic carbocycles. The van der Waals surface area contributed by atoms with E-state index in [4.69, 9.17) is 0 Å². The summed E-state index contributed by atoms with van der Waals surface area (Å²) in [6.07, 6.45) is 2.19. The van der Waals surface area contributed by atoms with E-state index in [1.54, 1.807) is 13.1 Å². The van der Waals surface area contributed by atoms with E-state index in [0.717, 1.165) is 5.01 Å². The van der Waals surface area contributed by atoms with Crippen LogP contribution in [0.1, 0.15) is 15.5 Å². The number of carbonyl (C=O) groups excluding carboxylic acids is 2. The van der Waals surface area contributed by atoms with Crippen molar-refractivity contribution in [2.75, 3.05) is 5.32 Å². The molecule has 1 amide bonds. The van der Waals surface area contributed by atoms with Crippen molar-refractivity contribution in [3.05, 3.63) is 23.0 Å². The number of hydrogen-bond acceptors (Lipinski definition) is 6. The van der Waals surface area contributed by atoms with Gasteiger partial charge in [0.05, 0.1) is 0 Å². The van der Waals surface area contributed by atoms with Gasteiger partial charge < -0.3 is 0 Å². The van der Waals surface area contributed by atoms with E-state index in [-0.39, 0.29) is 12.5 Å². The average Bonchev–Trinajstić information content (AvgIpc) is 2.88. The van der Waals surface area contributed by atoms with Crippen LogP contribution in [0.15, 0.2) is 12.3 Å². The minimum atomic E-state index is -0.262. The van der Waals surface area contributed by atoms with Crippen molar-refractivity contribution >= 4 is 28.7 Å². The topological polar surface area (TPSA) is 89.8 Å². The standard InChI is InChI=1S/C9H9N5O2S/c1-6-11-12-9(17-6)10-8(16)4-14-3-2-7(5-15)13-14/h2-3,5H,4H2,1H3,(H,10,12,16). The zero-order chi connectivity index (χ0) is 12.3. The monoisotopic (exact) mass is 251 g/mol. The van der Waals surface area contributed by atoms with Crippen LogP contribution in [0, 0.1) is 6.92 Å². The number of rotatable bonds is 4. The average molecular weight is 251 g/mol. The molecule has 0 unspecified atom stereocenters. The molecule has 0 saturated carbocycles. The van der Waals surface area contributed by atoms with Crippen LogP contribution in [-0.4, -0.2) is 32.2 Å². The van der Waals surface area contributed by atoms with E-state index in [1.807, 2.05) is 0 Å². The normalized spacial score (nSPS) is 10.2. The molecule has 0 aliphatic heterocycles. The predicted octanol–water partition coefficient (Wildman–Crippen LogP) is 0.494. The Kier molecular flexibility index (Phi) is 3.24. The number of anilines is 1. The first-order valence-corrected chi connectivity index (χ1v) is 5.57. The van der Waals surface area contributed by atoms with Crippen LogP contribution in [-0.2, 0) is 11.3 Å². The lowest BCUT2D eigenvalue weighted by Crippen LogP contribution is -2.19. The molecule has 0 radical (unpaired) electrons. The molecule has 17 heavy (non-hydrogen) atoms. The van der Waals surface area contributed by atoms with E-state index in [1.165, 1.54) is 22.1 Å². The highest BCUT2D eigenvalue weighted by atomic mass is 32.1. The fourth-order valence-corrected chi connectivity index (χ4v) is 1.79. The largest absolute Gasteiger partial charge is 0.299 e. The Bertz CT molecular complexity index is 547. The van der Waals surface area contributed by atoms with Crippen molar-refractivity contribution in [3.8, 4) is 0 Å². The van der Waals surface area contributed by atoms with E-state index >= 15 is 0 Å². The molecule has 0 aliphatic carbocycles. The number of aromatic nitrogens is 4. The van der Waals surface area contributed by atoms with Gasteiger partial charge in [-0.1, -0.05) is 11.3 Å². The quantitative estimate of drug-likeness (QED) is 0.799. The molecule has 0 fully saturated rings. The Balaban J connectivity index is 1.95. The van der Waals surface area contributed by atoms with Gasteiger partial charge in [-0.2, -0.15) is 5.10 Å². The summed E-state index contributed by atoms with van der Waals surface area (Å²) in [4.78, 5) is 22.0. The molecule has 7 nitrogen and oxygen atoms in total. The first-order valence-electron chi connectivity index (χ1n) is 4.76. The summed E-state index contributed by atoms with van der Waals surface area (Å²) in [6.45, 7) is 1.84. The lowest BCUT2D eigenvalue weighted by molar-refractivity contribution is -0.116. The maximum Gasteiger partial charge on any atom is 0.247 e. The molecule has 2 aromatic rings. The molecule has 0 atom stereocenters. The van der Waals surface area contributed by atoms with Crippen molar-refractivity contribution in [2.45, 2.75) is 13.5 Å². The number of amides is 1. The number of carbonyl (C=O) groups is 2. The molecule has 0 bridgehead atoms. The smallest absolute Gasteiger partial charge is 0.247 e. The Labute approximate surface area is 100 Å². The van der Waals surface area contributed by atoms with Crippen molar-refractivity contribution in [1.82, 2.24) is 20.0 Å². The zero-order valence-electron chi connectivity index (χ0n) is 8.95. The highest BCUT2D eigenvalue weighted by Crippen LogP contribution is 2.13. The summed E-state index contributed by atoms with van der Waals surface area (Å²) in [7, 11) is 0. The molecule has 1 N–H and O–H groups in total. The van der Waals surface area contributed by atoms with Crippen molar-refractivity contribution in [1.29, 1.82) is 0 Å². The van der Waals surface area contributed by atoms with E-state index < -0.39 is 0 Å². The molecule has 0 aliphatic rings. The third-order valence-corrected chi connectivity index (χ3v) is 2.61. The highest BCUT2D eigenvalue weighted by molar-refractivity contribution is 7.15. The number of nitrogens with one attached hydrogen (secondary N) is 1. The SMILES string of the molecule is Cc1nnc(NC(=O)Cn2ccc(C=O)n2)s1. The summed E-state index contributed by atoms with van der Waals surface area (Å²) in [5.74, 6) is -0.262. The molecule has 88 valence electrons. The van der Waals surface area contributed by atoms with E-state index in [9.17, 15) is 9.59 Å². The van der Waals surface area contributed by atoms with Crippen molar-refractivity contribution in [2.24, 2.45) is 0 Å². The maximum absolute atomic E-state index is 11.6. The molecular weight excluding hydrogens is 242 g/mol. The minimum absolute atomic E-state index is 0.0342. The molecule has 2 heterocycles. The maximum atomic E-state index is 11.6. The van der Waals surface area contributed by atoms with Gasteiger partial charge in [0.2, 0.25) is 11.0 Å². The lowest BCUT2D eigenvalue weighted by Gasteiger charge is -2.00. The second kappa shape index (κ2) is 4.83. The van der Waals surface area contributed by atoms with Crippen molar-refractivity contribution in [3.63, 3.8) is 0 Å². The second-order valence-electron chi connectivity index (χ2n) is 3.23. The molecule has 2 rings (SSSR count). The first kappa shape index (κ1) is 11.4. The van der Waals surface area contributed by atoms with Gasteiger partial charge >= 0.3 is 0 Å². The minimum Gasteiger partial charge on any atom is -0.299 e. The summed E-state index contributed by atoms with van der Waals surface area (Å²) in [5.41, 5.74) is 0.296. The summed E-state index contributed by atoms with van der Waals surface area (Å²) in [6, 6.07) is 1.54. The number of aryl methyl sites for hydroxylation is 1. The van der Waals surface area contributed by atoms with Gasteiger partial charge in [-0.05, 0) is 13.0 Å². The van der Waals surface area contributed by atoms with Crippen LogP contribution in [0.25, 0.3) is 0 Å². The van der Waals surface area contributed by atoms with Gasteiger partial charge in [-0.15, -0.1) is 10.2 Å². The highest BCUT2D eigenvalue weighted by Gasteiger charge is 2.07. The third kappa shape index (κ3) is 2.94. The number of hydrogen-bond donors (Lipinski definition) is 1. The van der Waals surface area contributed by atoms with Crippen molar-refractivity contribution < 1.29 is 9.59 Å². The Hall–Kier alpha value is -2.09. The molecular formula is C9H9N5O2S. The molecule has 2 aromatic heterocycles. The van der Waals surface area contributed by atoms with Crippen LogP contribution >= 0.6 is 11.3 Å². The summed E-state index contributed by atoms with van der Waals surface area (Å²) >= 11 is 1.30. The van der Waals surface area contributed by atoms with Gasteiger partial charge in [0.25, 0.3) is 0 Å². The number of aldehydes is 1. The number of nitrogens with zero attached hydrogens (tertiary/aromatic N) is 4. The second-order valence-corrected chi connectivity index (χ2v) is 4.41. The van der Waals surface area contributed by atoms with Gasteiger partial charge in [0.1, 0.15) is 17.2 Å². The Morgan fingerprint density at radius 3 is 3.00 bits per heavy atom. The van der Waals surface area contributed by atoms with Crippen LogP contribution in [0.4, 0.5) is 5.13 Å². The lowest BCUT2D eigenvalue weighted by atomic mass is 10.5. The Morgan fingerprint density at radius 2 is 2.41 bits per heavy atom. The molecule has 8 heteroatoms. The fourth-order valence-electron chi connectivity index (χ4n) is 1.18. The summed E-state index contributed by atoms with van der Waals surface area (Å²) in [5, 5.41) is 15.2. The van der Waals surface area contributed by atoms with Gasteiger partial charge in [-0.25, -0.2) is 0 Å².